The number of carboxylic acid groups (broad SMARTS) is 1. The van der Waals surface area contributed by atoms with Gasteiger partial charge in [0.25, 0.3) is 0 Å². The molecule has 0 fully saturated rings. The van der Waals surface area contributed by atoms with Crippen LogP contribution in [-0.2, 0) is 0 Å². The molecular formula is C13H11NO2. The van der Waals surface area contributed by atoms with Crippen LogP contribution in [0.25, 0.3) is 11.1 Å². The Morgan fingerprint density at radius 3 is 2.50 bits per heavy atom. The molecule has 0 radical (unpaired) electrons. The molecule has 0 saturated carbocycles. The highest BCUT2D eigenvalue weighted by atomic mass is 16.4. The fourth-order valence-corrected chi connectivity index (χ4v) is 1.59. The molecule has 0 atom stereocenters. The van der Waals surface area contributed by atoms with E-state index in [0.29, 0.717) is 0 Å². The van der Waals surface area contributed by atoms with Gasteiger partial charge in [-0.15, -0.1) is 0 Å². The number of aromatic nitrogens is 1. The number of aromatic carboxylic acids is 1. The van der Waals surface area contributed by atoms with Gasteiger partial charge in [0.1, 0.15) is 5.69 Å². The summed E-state index contributed by atoms with van der Waals surface area (Å²) in [6.07, 6.45) is 1.61. The molecule has 0 saturated heterocycles. The van der Waals surface area contributed by atoms with Gasteiger partial charge in [0, 0.05) is 11.8 Å². The molecule has 0 aliphatic heterocycles. The molecule has 0 bridgehead atoms. The zero-order valence-electron chi connectivity index (χ0n) is 8.84. The number of nitrogens with zero attached hydrogens (tertiary/aromatic N) is 1. The molecule has 0 aliphatic rings. The monoisotopic (exact) mass is 213 g/mol. The van der Waals surface area contributed by atoms with Crippen molar-refractivity contribution in [2.24, 2.45) is 0 Å². The van der Waals surface area contributed by atoms with Crippen molar-refractivity contribution in [1.29, 1.82) is 0 Å². The van der Waals surface area contributed by atoms with Crippen molar-refractivity contribution in [3.63, 3.8) is 0 Å². The van der Waals surface area contributed by atoms with E-state index < -0.39 is 5.97 Å². The number of hydrogen-bond acceptors (Lipinski definition) is 2. The third-order valence-electron chi connectivity index (χ3n) is 2.41. The second-order valence-corrected chi connectivity index (χ2v) is 3.56. The molecule has 2 rings (SSSR count). The third-order valence-corrected chi connectivity index (χ3v) is 2.41. The molecule has 16 heavy (non-hydrogen) atoms. The van der Waals surface area contributed by atoms with Gasteiger partial charge in [0.15, 0.2) is 0 Å². The summed E-state index contributed by atoms with van der Waals surface area (Å²) >= 11 is 0. The van der Waals surface area contributed by atoms with Crippen molar-refractivity contribution >= 4 is 5.97 Å². The van der Waals surface area contributed by atoms with Gasteiger partial charge in [-0.3, -0.25) is 0 Å². The SMILES string of the molecule is Cc1cc(C(=O)O)ncc1-c1ccccc1. The normalized spacial score (nSPS) is 10.1. The fraction of sp³-hybridized carbons (Fsp3) is 0.0769. The summed E-state index contributed by atoms with van der Waals surface area (Å²) in [5.74, 6) is -0.997. The lowest BCUT2D eigenvalue weighted by Gasteiger charge is -2.05. The van der Waals surface area contributed by atoms with E-state index in [1.54, 1.807) is 12.3 Å². The third kappa shape index (κ3) is 1.93. The number of carboxylic acids is 1. The summed E-state index contributed by atoms with van der Waals surface area (Å²) < 4.78 is 0. The van der Waals surface area contributed by atoms with Crippen LogP contribution in [0.5, 0.6) is 0 Å². The summed E-state index contributed by atoms with van der Waals surface area (Å²) in [6.45, 7) is 1.89. The van der Waals surface area contributed by atoms with E-state index in [1.165, 1.54) is 0 Å². The van der Waals surface area contributed by atoms with Gasteiger partial charge in [0.2, 0.25) is 0 Å². The lowest BCUT2D eigenvalue weighted by atomic mass is 10.0. The summed E-state index contributed by atoms with van der Waals surface area (Å²) in [6, 6.07) is 11.4. The van der Waals surface area contributed by atoms with Crippen LogP contribution in [0, 0.1) is 6.92 Å². The highest BCUT2D eigenvalue weighted by Crippen LogP contribution is 2.22. The molecule has 0 spiro atoms. The standard InChI is InChI=1S/C13H11NO2/c1-9-7-12(13(15)16)14-8-11(9)10-5-3-2-4-6-10/h2-8H,1H3,(H,15,16). The van der Waals surface area contributed by atoms with Crippen LogP contribution in [0.1, 0.15) is 16.1 Å². The first-order valence-electron chi connectivity index (χ1n) is 4.94. The quantitative estimate of drug-likeness (QED) is 0.834. The summed E-state index contributed by atoms with van der Waals surface area (Å²) in [5, 5.41) is 8.81. The van der Waals surface area contributed by atoms with Gasteiger partial charge in [0.05, 0.1) is 0 Å². The first-order chi connectivity index (χ1) is 7.68. The fourth-order valence-electron chi connectivity index (χ4n) is 1.59. The number of benzene rings is 1. The molecule has 0 unspecified atom stereocenters. The van der Waals surface area contributed by atoms with Gasteiger partial charge in [-0.05, 0) is 24.1 Å². The Labute approximate surface area is 93.4 Å². The van der Waals surface area contributed by atoms with Crippen LogP contribution >= 0.6 is 0 Å². The largest absolute Gasteiger partial charge is 0.477 e. The van der Waals surface area contributed by atoms with Crippen molar-refractivity contribution in [1.82, 2.24) is 4.98 Å². The Balaban J connectivity index is 2.48. The second-order valence-electron chi connectivity index (χ2n) is 3.56. The van der Waals surface area contributed by atoms with Gasteiger partial charge in [-0.1, -0.05) is 30.3 Å². The predicted molar refractivity (Wildman–Crippen MR) is 61.4 cm³/mol. The van der Waals surface area contributed by atoms with Gasteiger partial charge in [-0.2, -0.15) is 0 Å². The molecule has 1 aromatic heterocycles. The molecule has 2 aromatic rings. The van der Waals surface area contributed by atoms with Crippen molar-refractivity contribution in [2.75, 3.05) is 0 Å². The number of pyridine rings is 1. The van der Waals surface area contributed by atoms with Crippen molar-refractivity contribution < 1.29 is 9.90 Å². The smallest absolute Gasteiger partial charge is 0.354 e. The van der Waals surface area contributed by atoms with E-state index in [0.717, 1.165) is 16.7 Å². The zero-order valence-corrected chi connectivity index (χ0v) is 8.84. The Kier molecular flexibility index (Phi) is 2.68. The maximum atomic E-state index is 10.7. The molecular weight excluding hydrogens is 202 g/mol. The lowest BCUT2D eigenvalue weighted by molar-refractivity contribution is 0.0690. The number of carbonyl (C=O) groups is 1. The Bertz CT molecular complexity index is 521. The summed E-state index contributed by atoms with van der Waals surface area (Å²) in [4.78, 5) is 14.7. The molecule has 0 amide bonds. The minimum Gasteiger partial charge on any atom is -0.477 e. The minimum absolute atomic E-state index is 0.0807. The first kappa shape index (κ1) is 10.4. The maximum Gasteiger partial charge on any atom is 0.354 e. The van der Waals surface area contributed by atoms with Crippen LogP contribution in [0.4, 0.5) is 0 Å². The van der Waals surface area contributed by atoms with Gasteiger partial charge >= 0.3 is 5.97 Å². The van der Waals surface area contributed by atoms with Crippen molar-refractivity contribution in [2.45, 2.75) is 6.92 Å². The summed E-state index contributed by atoms with van der Waals surface area (Å²) in [7, 11) is 0. The van der Waals surface area contributed by atoms with Crippen molar-refractivity contribution in [3.8, 4) is 11.1 Å². The molecule has 0 aliphatic carbocycles. The molecule has 3 nitrogen and oxygen atoms in total. The Morgan fingerprint density at radius 1 is 1.25 bits per heavy atom. The zero-order chi connectivity index (χ0) is 11.5. The van der Waals surface area contributed by atoms with Crippen LogP contribution in [0.3, 0.4) is 0 Å². The topological polar surface area (TPSA) is 50.2 Å². The average molecular weight is 213 g/mol. The Hall–Kier alpha value is -2.16. The molecule has 1 aromatic carbocycles. The van der Waals surface area contributed by atoms with E-state index in [4.69, 9.17) is 5.11 Å². The first-order valence-corrected chi connectivity index (χ1v) is 4.94. The van der Waals surface area contributed by atoms with E-state index in [9.17, 15) is 4.79 Å². The Morgan fingerprint density at radius 2 is 1.94 bits per heavy atom. The average Bonchev–Trinajstić information content (AvgIpc) is 2.30. The molecule has 1 heterocycles. The lowest BCUT2D eigenvalue weighted by Crippen LogP contribution is -2.01. The number of aryl methyl sites for hydroxylation is 1. The molecule has 1 N–H and O–H groups in total. The van der Waals surface area contributed by atoms with Crippen LogP contribution in [0.2, 0.25) is 0 Å². The highest BCUT2D eigenvalue weighted by Gasteiger charge is 2.08. The highest BCUT2D eigenvalue weighted by molar-refractivity contribution is 5.86. The summed E-state index contributed by atoms with van der Waals surface area (Å²) in [5.41, 5.74) is 3.01. The molecule has 3 heteroatoms. The van der Waals surface area contributed by atoms with Gasteiger partial charge < -0.3 is 5.11 Å². The maximum absolute atomic E-state index is 10.7. The van der Waals surface area contributed by atoms with E-state index in [1.807, 2.05) is 37.3 Å². The minimum atomic E-state index is -0.997. The van der Waals surface area contributed by atoms with E-state index >= 15 is 0 Å². The van der Waals surface area contributed by atoms with Crippen LogP contribution < -0.4 is 0 Å². The van der Waals surface area contributed by atoms with Gasteiger partial charge in [-0.25, -0.2) is 9.78 Å². The number of hydrogen-bond donors (Lipinski definition) is 1. The molecule has 80 valence electrons. The second kappa shape index (κ2) is 4.14. The van der Waals surface area contributed by atoms with Crippen LogP contribution in [0.15, 0.2) is 42.6 Å². The predicted octanol–water partition coefficient (Wildman–Crippen LogP) is 2.76. The van der Waals surface area contributed by atoms with Crippen LogP contribution in [-0.4, -0.2) is 16.1 Å². The van der Waals surface area contributed by atoms with E-state index in [2.05, 4.69) is 4.98 Å². The van der Waals surface area contributed by atoms with Crippen molar-refractivity contribution in [3.05, 3.63) is 53.9 Å². The number of rotatable bonds is 2. The van der Waals surface area contributed by atoms with E-state index in [-0.39, 0.29) is 5.69 Å².